The van der Waals surface area contributed by atoms with E-state index in [1.54, 1.807) is 24.3 Å². The van der Waals surface area contributed by atoms with E-state index in [0.29, 0.717) is 30.4 Å². The van der Waals surface area contributed by atoms with Crippen LogP contribution in [0.15, 0.2) is 36.4 Å². The molecule has 2 rings (SSSR count). The summed E-state index contributed by atoms with van der Waals surface area (Å²) in [6, 6.07) is 8.09. The molecule has 0 saturated carbocycles. The van der Waals surface area contributed by atoms with Crippen LogP contribution in [-0.2, 0) is 9.59 Å². The smallest absolute Gasteiger partial charge is 0.313 e. The second-order valence-electron chi connectivity index (χ2n) is 6.80. The molecule has 0 aromatic heterocycles. The minimum atomic E-state index is -1.73. The van der Waals surface area contributed by atoms with Gasteiger partial charge in [0.1, 0.15) is 5.75 Å². The van der Waals surface area contributed by atoms with E-state index in [1.165, 1.54) is 0 Å². The molecule has 0 radical (unpaired) electrons. The molecule has 0 fully saturated rings. The first-order valence-electron chi connectivity index (χ1n) is 9.21. The molecule has 2 aromatic rings. The summed E-state index contributed by atoms with van der Waals surface area (Å²) in [6.45, 7) is 6.17. The Kier molecular flexibility index (Phi) is 7.64. The minimum absolute atomic E-state index is 0.182. The first-order valence-corrected chi connectivity index (χ1v) is 9.21. The number of ether oxygens (including phenoxy) is 1. The maximum Gasteiger partial charge on any atom is 0.313 e. The van der Waals surface area contributed by atoms with Gasteiger partial charge in [-0.15, -0.1) is 0 Å². The first kappa shape index (κ1) is 22.3. The molecule has 0 aliphatic heterocycles. The van der Waals surface area contributed by atoms with E-state index in [0.717, 1.165) is 6.07 Å². The zero-order valence-corrected chi connectivity index (χ0v) is 16.4. The molecule has 29 heavy (non-hydrogen) atoms. The van der Waals surface area contributed by atoms with E-state index in [2.05, 4.69) is 5.32 Å². The molecule has 0 aliphatic rings. The second-order valence-corrected chi connectivity index (χ2v) is 6.80. The highest BCUT2D eigenvalue weighted by atomic mass is 19.2. The number of rotatable bonds is 7. The third-order valence-electron chi connectivity index (χ3n) is 4.10. The monoisotopic (exact) mass is 408 g/mol. The minimum Gasteiger partial charge on any atom is -0.494 e. The molecule has 2 aromatic carbocycles. The predicted molar refractivity (Wildman–Crippen MR) is 103 cm³/mol. The average molecular weight is 408 g/mol. The number of carbonyl (C=O) groups is 2. The summed E-state index contributed by atoms with van der Waals surface area (Å²) in [5, 5.41) is 4.57. The van der Waals surface area contributed by atoms with Crippen LogP contribution in [0.25, 0.3) is 0 Å². The lowest BCUT2D eigenvalue weighted by Crippen LogP contribution is -2.38. The van der Waals surface area contributed by atoms with Gasteiger partial charge in [0.2, 0.25) is 0 Å². The molecule has 0 bridgehead atoms. The lowest BCUT2D eigenvalue weighted by atomic mass is 9.96. The lowest BCUT2D eigenvalue weighted by Gasteiger charge is -2.23. The molecule has 8 heteroatoms. The normalized spacial score (nSPS) is 11.8. The van der Waals surface area contributed by atoms with E-state index in [-0.39, 0.29) is 5.92 Å². The number of hydrogen-bond acceptors (Lipinski definition) is 3. The van der Waals surface area contributed by atoms with Crippen LogP contribution in [0.3, 0.4) is 0 Å². The number of amides is 2. The highest BCUT2D eigenvalue weighted by Crippen LogP contribution is 2.29. The Morgan fingerprint density at radius 1 is 1.00 bits per heavy atom. The van der Waals surface area contributed by atoms with Crippen LogP contribution in [0.2, 0.25) is 0 Å². The third-order valence-corrected chi connectivity index (χ3v) is 4.10. The van der Waals surface area contributed by atoms with Crippen molar-refractivity contribution in [1.29, 1.82) is 0 Å². The van der Waals surface area contributed by atoms with Gasteiger partial charge in [0.15, 0.2) is 17.5 Å². The third kappa shape index (κ3) is 5.73. The maximum absolute atomic E-state index is 13.7. The summed E-state index contributed by atoms with van der Waals surface area (Å²) in [4.78, 5) is 24.6. The Hall–Kier alpha value is -3.03. The van der Waals surface area contributed by atoms with Crippen molar-refractivity contribution in [3.05, 3.63) is 59.4 Å². The molecule has 0 spiro atoms. The molecule has 5 nitrogen and oxygen atoms in total. The van der Waals surface area contributed by atoms with Crippen molar-refractivity contribution >= 4 is 17.5 Å². The summed E-state index contributed by atoms with van der Waals surface area (Å²) < 4.78 is 45.7. The first-order chi connectivity index (χ1) is 13.7. The molecule has 156 valence electrons. The molecular formula is C21H23F3N2O3. The van der Waals surface area contributed by atoms with Crippen molar-refractivity contribution in [2.75, 3.05) is 11.9 Å². The molecular weight excluding hydrogens is 385 g/mol. The Bertz CT molecular complexity index is 887. The fourth-order valence-corrected chi connectivity index (χ4v) is 2.82. The van der Waals surface area contributed by atoms with Gasteiger partial charge in [-0.25, -0.2) is 13.2 Å². The lowest BCUT2D eigenvalue weighted by molar-refractivity contribution is -0.136. The summed E-state index contributed by atoms with van der Waals surface area (Å²) in [5.74, 6) is -6.18. The SMILES string of the molecule is CCOc1ccccc1[C@@H](CC(C)C)NC(=O)C(=O)Nc1ccc(F)c(F)c1F. The van der Waals surface area contributed by atoms with Crippen LogP contribution in [0, 0.1) is 23.4 Å². The van der Waals surface area contributed by atoms with E-state index >= 15 is 0 Å². The van der Waals surface area contributed by atoms with Crippen molar-refractivity contribution in [3.8, 4) is 5.75 Å². The number of hydrogen-bond donors (Lipinski definition) is 2. The van der Waals surface area contributed by atoms with Crippen LogP contribution in [0.5, 0.6) is 5.75 Å². The van der Waals surface area contributed by atoms with Crippen molar-refractivity contribution in [3.63, 3.8) is 0 Å². The molecule has 0 saturated heterocycles. The highest BCUT2D eigenvalue weighted by molar-refractivity contribution is 6.39. The average Bonchev–Trinajstić information content (AvgIpc) is 2.68. The number of anilines is 1. The van der Waals surface area contributed by atoms with Crippen molar-refractivity contribution < 1.29 is 27.5 Å². The van der Waals surface area contributed by atoms with Crippen LogP contribution in [-0.4, -0.2) is 18.4 Å². The van der Waals surface area contributed by atoms with Gasteiger partial charge in [-0.2, -0.15) is 0 Å². The Labute approximate surface area is 167 Å². The van der Waals surface area contributed by atoms with E-state index < -0.39 is 41.0 Å². The number of benzene rings is 2. The van der Waals surface area contributed by atoms with Crippen molar-refractivity contribution in [2.24, 2.45) is 5.92 Å². The van der Waals surface area contributed by atoms with Crippen molar-refractivity contribution in [2.45, 2.75) is 33.2 Å². The molecule has 2 N–H and O–H groups in total. The number of halogens is 3. The Morgan fingerprint density at radius 2 is 1.69 bits per heavy atom. The van der Waals surface area contributed by atoms with Crippen LogP contribution < -0.4 is 15.4 Å². The summed E-state index contributed by atoms with van der Waals surface area (Å²) in [5.41, 5.74) is 0.0717. The van der Waals surface area contributed by atoms with Gasteiger partial charge in [-0.3, -0.25) is 9.59 Å². The molecule has 0 aliphatic carbocycles. The van der Waals surface area contributed by atoms with E-state index in [9.17, 15) is 22.8 Å². The predicted octanol–water partition coefficient (Wildman–Crippen LogP) is 4.34. The van der Waals surface area contributed by atoms with E-state index in [1.807, 2.05) is 26.1 Å². The fraction of sp³-hybridized carbons (Fsp3) is 0.333. The standard InChI is InChI=1S/C21H23F3N2O3/c1-4-29-17-8-6-5-7-13(17)16(11-12(2)3)26-21(28)20(27)25-15-10-9-14(22)18(23)19(15)24/h5-10,12,16H,4,11H2,1-3H3,(H,25,27)(H,26,28)/t16-/m1/s1. The fourth-order valence-electron chi connectivity index (χ4n) is 2.82. The van der Waals surface area contributed by atoms with E-state index in [4.69, 9.17) is 4.74 Å². The van der Waals surface area contributed by atoms with Gasteiger partial charge >= 0.3 is 11.8 Å². The molecule has 1 atom stereocenters. The zero-order chi connectivity index (χ0) is 21.6. The highest BCUT2D eigenvalue weighted by Gasteiger charge is 2.24. The quantitative estimate of drug-likeness (QED) is 0.529. The number of carbonyl (C=O) groups excluding carboxylic acids is 2. The zero-order valence-electron chi connectivity index (χ0n) is 16.4. The van der Waals surface area contributed by atoms with Gasteiger partial charge in [0, 0.05) is 5.56 Å². The van der Waals surface area contributed by atoms with Crippen molar-refractivity contribution in [1.82, 2.24) is 5.32 Å². The number of nitrogens with one attached hydrogen (secondary N) is 2. The largest absolute Gasteiger partial charge is 0.494 e. The summed E-state index contributed by atoms with van der Waals surface area (Å²) >= 11 is 0. The Morgan fingerprint density at radius 3 is 2.34 bits per heavy atom. The summed E-state index contributed by atoms with van der Waals surface area (Å²) in [7, 11) is 0. The van der Waals surface area contributed by atoms with Gasteiger partial charge in [0.05, 0.1) is 18.3 Å². The molecule has 2 amide bonds. The topological polar surface area (TPSA) is 67.4 Å². The number of para-hydroxylation sites is 1. The van der Waals surface area contributed by atoms with Crippen LogP contribution in [0.4, 0.5) is 18.9 Å². The molecule has 0 heterocycles. The Balaban J connectivity index is 2.20. The van der Waals surface area contributed by atoms with Crippen LogP contribution >= 0.6 is 0 Å². The summed E-state index contributed by atoms with van der Waals surface area (Å²) in [6.07, 6.45) is 0.517. The van der Waals surface area contributed by atoms with Gasteiger partial charge < -0.3 is 15.4 Å². The second kappa shape index (κ2) is 9.95. The van der Waals surface area contributed by atoms with Crippen LogP contribution in [0.1, 0.15) is 38.8 Å². The van der Waals surface area contributed by atoms with Gasteiger partial charge in [-0.1, -0.05) is 32.0 Å². The molecule has 0 unspecified atom stereocenters. The van der Waals surface area contributed by atoms with Gasteiger partial charge in [-0.05, 0) is 37.5 Å². The van der Waals surface area contributed by atoms with Gasteiger partial charge in [0.25, 0.3) is 0 Å². The maximum atomic E-state index is 13.7.